The van der Waals surface area contributed by atoms with E-state index in [-0.39, 0.29) is 28.9 Å². The van der Waals surface area contributed by atoms with Crippen molar-refractivity contribution in [2.75, 3.05) is 39.8 Å². The van der Waals surface area contributed by atoms with Crippen molar-refractivity contribution >= 4 is 18.1 Å². The van der Waals surface area contributed by atoms with Crippen LogP contribution in [0.15, 0.2) is 0 Å². The number of methoxy groups -OCH3 is 1. The lowest BCUT2D eigenvalue weighted by Crippen LogP contribution is -2.69. The van der Waals surface area contributed by atoms with E-state index in [1.54, 1.807) is 4.90 Å². The Bertz CT molecular complexity index is 572. The van der Waals surface area contributed by atoms with E-state index in [2.05, 4.69) is 0 Å². The molecule has 0 aromatic carbocycles. The van der Waals surface area contributed by atoms with Crippen LogP contribution in [0.4, 0.5) is 9.59 Å². The van der Waals surface area contributed by atoms with Gasteiger partial charge in [-0.05, 0) is 24.7 Å². The molecule has 2 saturated heterocycles. The number of urea groups is 1. The molecular formula is C15H21N3O5. The Kier molecular flexibility index (Phi) is 2.87. The van der Waals surface area contributed by atoms with Crippen LogP contribution in [0, 0.1) is 10.8 Å². The first-order chi connectivity index (χ1) is 10.9. The molecule has 23 heavy (non-hydrogen) atoms. The van der Waals surface area contributed by atoms with Gasteiger partial charge in [-0.1, -0.05) is 0 Å². The van der Waals surface area contributed by atoms with Crippen LogP contribution in [-0.2, 0) is 9.53 Å². The molecule has 3 saturated carbocycles. The van der Waals surface area contributed by atoms with Crippen LogP contribution in [0.2, 0.25) is 0 Å². The van der Waals surface area contributed by atoms with Crippen LogP contribution in [0.25, 0.3) is 0 Å². The third kappa shape index (κ3) is 1.93. The quantitative estimate of drug-likeness (QED) is 0.761. The zero-order valence-corrected chi connectivity index (χ0v) is 13.2. The average Bonchev–Trinajstić information content (AvgIpc) is 2.76. The lowest BCUT2D eigenvalue weighted by molar-refractivity contribution is -0.228. The minimum absolute atomic E-state index is 0.0110. The number of esters is 1. The normalized spacial score (nSPS) is 37.9. The summed E-state index contributed by atoms with van der Waals surface area (Å²) in [7, 11) is 1.42. The number of rotatable bonds is 3. The molecule has 0 spiro atoms. The summed E-state index contributed by atoms with van der Waals surface area (Å²) in [5.74, 6) is -0.123. The Balaban J connectivity index is 1.37. The smallest absolute Gasteiger partial charge is 0.407 e. The molecule has 0 aromatic heterocycles. The Labute approximate surface area is 133 Å². The number of nitrogens with zero attached hydrogens (tertiary/aromatic N) is 3. The van der Waals surface area contributed by atoms with Crippen LogP contribution < -0.4 is 0 Å². The summed E-state index contributed by atoms with van der Waals surface area (Å²) in [6.45, 7) is 2.48. The molecule has 5 aliphatic rings. The molecule has 5 rings (SSSR count). The van der Waals surface area contributed by atoms with Gasteiger partial charge in [0.25, 0.3) is 0 Å². The first-order valence-corrected chi connectivity index (χ1v) is 8.00. The molecule has 8 nitrogen and oxygen atoms in total. The molecule has 0 unspecified atom stereocenters. The fourth-order valence-corrected chi connectivity index (χ4v) is 5.09. The molecule has 1 atom stereocenters. The van der Waals surface area contributed by atoms with Crippen LogP contribution in [0.1, 0.15) is 19.3 Å². The average molecular weight is 323 g/mol. The fraction of sp³-hybridized carbons (Fsp3) is 0.800. The second-order valence-electron chi connectivity index (χ2n) is 7.54. The Morgan fingerprint density at radius 1 is 1.26 bits per heavy atom. The predicted octanol–water partition coefficient (Wildman–Crippen LogP) is 0.430. The van der Waals surface area contributed by atoms with Crippen molar-refractivity contribution in [1.29, 1.82) is 0 Å². The lowest BCUT2D eigenvalue weighted by Gasteiger charge is -2.69. The van der Waals surface area contributed by atoms with Crippen LogP contribution >= 0.6 is 0 Å². The van der Waals surface area contributed by atoms with E-state index in [0.717, 1.165) is 19.3 Å². The predicted molar refractivity (Wildman–Crippen MR) is 77.8 cm³/mol. The summed E-state index contributed by atoms with van der Waals surface area (Å²) < 4.78 is 4.85. The van der Waals surface area contributed by atoms with Crippen molar-refractivity contribution in [1.82, 2.24) is 14.7 Å². The number of carboxylic acid groups (broad SMARTS) is 1. The van der Waals surface area contributed by atoms with E-state index in [1.807, 2.05) is 4.90 Å². The maximum Gasteiger partial charge on any atom is 0.407 e. The highest BCUT2D eigenvalue weighted by atomic mass is 16.5. The summed E-state index contributed by atoms with van der Waals surface area (Å²) in [6.07, 6.45) is 1.50. The Hall–Kier alpha value is -1.99. The number of ether oxygens (including phenoxy) is 1. The van der Waals surface area contributed by atoms with Gasteiger partial charge >= 0.3 is 18.1 Å². The zero-order valence-electron chi connectivity index (χ0n) is 13.2. The SMILES string of the molecule is COC(=O)C12CC(CN3C[C@@H]4CN(C(=O)O)CCN4C3=O)(C1)C2. The summed E-state index contributed by atoms with van der Waals surface area (Å²) in [6, 6.07) is -0.0360. The second kappa shape index (κ2) is 4.52. The van der Waals surface area contributed by atoms with Crippen molar-refractivity contribution in [3.8, 4) is 0 Å². The lowest BCUT2D eigenvalue weighted by atomic mass is 9.35. The number of carbonyl (C=O) groups excluding carboxylic acids is 2. The zero-order chi connectivity index (χ0) is 16.4. The Morgan fingerprint density at radius 2 is 1.96 bits per heavy atom. The largest absolute Gasteiger partial charge is 0.469 e. The number of hydrogen-bond donors (Lipinski definition) is 1. The van der Waals surface area contributed by atoms with E-state index in [1.165, 1.54) is 12.0 Å². The van der Waals surface area contributed by atoms with E-state index in [9.17, 15) is 14.4 Å². The Morgan fingerprint density at radius 3 is 2.57 bits per heavy atom. The number of carbonyl (C=O) groups is 3. The molecule has 2 aliphatic heterocycles. The van der Waals surface area contributed by atoms with Gasteiger partial charge in [0.05, 0.1) is 18.6 Å². The fourth-order valence-electron chi connectivity index (χ4n) is 5.09. The van der Waals surface area contributed by atoms with Gasteiger partial charge in [-0.25, -0.2) is 9.59 Å². The van der Waals surface area contributed by atoms with Gasteiger partial charge in [-0.3, -0.25) is 4.79 Å². The van der Waals surface area contributed by atoms with Crippen molar-refractivity contribution in [2.45, 2.75) is 25.3 Å². The van der Waals surface area contributed by atoms with E-state index < -0.39 is 6.09 Å². The molecule has 2 bridgehead atoms. The molecule has 0 radical (unpaired) electrons. The van der Waals surface area contributed by atoms with Gasteiger partial charge in [0.1, 0.15) is 0 Å². The maximum absolute atomic E-state index is 12.5. The molecule has 8 heteroatoms. The molecule has 126 valence electrons. The second-order valence-corrected chi connectivity index (χ2v) is 7.54. The first kappa shape index (κ1) is 14.6. The van der Waals surface area contributed by atoms with Gasteiger partial charge in [0, 0.05) is 32.7 Å². The summed E-state index contributed by atoms with van der Waals surface area (Å²) in [4.78, 5) is 40.4. The first-order valence-electron chi connectivity index (χ1n) is 8.00. The topological polar surface area (TPSA) is 90.4 Å². The van der Waals surface area contributed by atoms with Gasteiger partial charge in [0.15, 0.2) is 0 Å². The van der Waals surface area contributed by atoms with Gasteiger partial charge in [-0.2, -0.15) is 0 Å². The standard InChI is InChI=1S/C15H21N3O5/c1-23-11(19)15-6-14(7-15,8-15)9-17-5-10-4-16(13(21)22)2-3-18(10)12(17)20/h10H,2-9H2,1H3,(H,21,22)/t10-,14?,15?/m0/s1. The van der Waals surface area contributed by atoms with Gasteiger partial charge in [0.2, 0.25) is 0 Å². The molecule has 5 fully saturated rings. The van der Waals surface area contributed by atoms with Crippen molar-refractivity contribution in [3.05, 3.63) is 0 Å². The van der Waals surface area contributed by atoms with Crippen LogP contribution in [0.5, 0.6) is 0 Å². The number of piperazine rings is 1. The van der Waals surface area contributed by atoms with Crippen molar-refractivity contribution in [2.24, 2.45) is 10.8 Å². The summed E-state index contributed by atoms with van der Waals surface area (Å²) in [5, 5.41) is 9.10. The van der Waals surface area contributed by atoms with E-state index in [0.29, 0.717) is 32.7 Å². The molecule has 2 heterocycles. The minimum atomic E-state index is -0.921. The van der Waals surface area contributed by atoms with Gasteiger partial charge < -0.3 is 24.5 Å². The third-order valence-corrected chi connectivity index (χ3v) is 5.99. The highest BCUT2D eigenvalue weighted by molar-refractivity contribution is 5.82. The number of amides is 3. The molecule has 1 N–H and O–H groups in total. The minimum Gasteiger partial charge on any atom is -0.469 e. The van der Waals surface area contributed by atoms with E-state index in [4.69, 9.17) is 9.84 Å². The number of hydrogen-bond acceptors (Lipinski definition) is 4. The third-order valence-electron chi connectivity index (χ3n) is 5.99. The van der Waals surface area contributed by atoms with Crippen LogP contribution in [-0.4, -0.2) is 83.8 Å². The monoisotopic (exact) mass is 323 g/mol. The maximum atomic E-state index is 12.5. The summed E-state index contributed by atoms with van der Waals surface area (Å²) in [5.41, 5.74) is -0.213. The highest BCUT2D eigenvalue weighted by Gasteiger charge is 2.72. The van der Waals surface area contributed by atoms with Crippen molar-refractivity contribution < 1.29 is 24.2 Å². The molecule has 3 aliphatic carbocycles. The highest BCUT2D eigenvalue weighted by Crippen LogP contribution is 2.73. The molecule has 0 aromatic rings. The van der Waals surface area contributed by atoms with Gasteiger partial charge in [-0.15, -0.1) is 0 Å². The number of fused-ring (bicyclic) bond motifs is 1. The molecule has 3 amide bonds. The van der Waals surface area contributed by atoms with Crippen molar-refractivity contribution in [3.63, 3.8) is 0 Å². The molecular weight excluding hydrogens is 302 g/mol. The van der Waals surface area contributed by atoms with E-state index >= 15 is 0 Å². The summed E-state index contributed by atoms with van der Waals surface area (Å²) >= 11 is 0. The van der Waals surface area contributed by atoms with Crippen LogP contribution in [0.3, 0.4) is 0 Å².